The molecule has 0 aliphatic carbocycles. The molecule has 0 fully saturated rings. The van der Waals surface area contributed by atoms with Crippen LogP contribution in [0.4, 0.5) is 0 Å². The van der Waals surface area contributed by atoms with Crippen LogP contribution in [-0.4, -0.2) is 35.0 Å². The van der Waals surface area contributed by atoms with Crippen LogP contribution in [-0.2, 0) is 22.0 Å². The average molecular weight is 304 g/mol. The highest BCUT2D eigenvalue weighted by Crippen LogP contribution is 2.13. The Morgan fingerprint density at radius 2 is 2.00 bits per heavy atom. The van der Waals surface area contributed by atoms with Crippen LogP contribution in [0.3, 0.4) is 0 Å². The van der Waals surface area contributed by atoms with Crippen molar-refractivity contribution in [2.75, 3.05) is 5.75 Å². The van der Waals surface area contributed by atoms with Crippen molar-refractivity contribution in [1.29, 1.82) is 0 Å². The molecule has 0 saturated carbocycles. The summed E-state index contributed by atoms with van der Waals surface area (Å²) in [6, 6.07) is 0. The maximum atomic E-state index is 11.9. The molecule has 1 heterocycles. The zero-order valence-electron chi connectivity index (χ0n) is 12.6. The van der Waals surface area contributed by atoms with Crippen molar-refractivity contribution in [1.82, 2.24) is 10.1 Å². The van der Waals surface area contributed by atoms with E-state index in [1.54, 1.807) is 13.8 Å². The number of rotatable bonds is 8. The molecule has 116 valence electrons. The molecule has 1 rings (SSSR count). The molecule has 1 aromatic rings. The number of nitrogens with zero attached hydrogens (tertiary/aromatic N) is 2. The molecule has 0 aliphatic heterocycles. The molecular weight excluding hydrogens is 280 g/mol. The van der Waals surface area contributed by atoms with E-state index < -0.39 is 15.4 Å². The Morgan fingerprint density at radius 3 is 2.55 bits per heavy atom. The minimum atomic E-state index is -3.34. The first-order chi connectivity index (χ1) is 9.07. The number of hydrogen-bond acceptors (Lipinski definition) is 6. The quantitative estimate of drug-likeness (QED) is 0.786. The van der Waals surface area contributed by atoms with E-state index in [4.69, 9.17) is 4.52 Å². The summed E-state index contributed by atoms with van der Waals surface area (Å²) in [5, 5.41) is 13.3. The molecule has 6 nitrogen and oxygen atoms in total. The third kappa shape index (κ3) is 7.00. The second kappa shape index (κ2) is 6.67. The fourth-order valence-electron chi connectivity index (χ4n) is 1.53. The van der Waals surface area contributed by atoms with Crippen LogP contribution < -0.4 is 0 Å². The second-order valence-electron chi connectivity index (χ2n) is 6.19. The largest absolute Gasteiger partial charge is 0.390 e. The van der Waals surface area contributed by atoms with Gasteiger partial charge in [0.15, 0.2) is 15.7 Å². The van der Waals surface area contributed by atoms with Crippen LogP contribution >= 0.6 is 0 Å². The minimum absolute atomic E-state index is 0.0970. The number of aryl methyl sites for hydroxylation is 1. The van der Waals surface area contributed by atoms with Gasteiger partial charge in [-0.2, -0.15) is 4.98 Å². The lowest BCUT2D eigenvalue weighted by molar-refractivity contribution is 0.0772. The monoisotopic (exact) mass is 304 g/mol. The van der Waals surface area contributed by atoms with Gasteiger partial charge in [-0.25, -0.2) is 8.42 Å². The molecular formula is C13H24N2O4S. The smallest absolute Gasteiger partial charge is 0.241 e. The summed E-state index contributed by atoms with van der Waals surface area (Å²) in [7, 11) is -3.34. The summed E-state index contributed by atoms with van der Waals surface area (Å²) in [4.78, 5) is 4.09. The summed E-state index contributed by atoms with van der Waals surface area (Å²) in [5.41, 5.74) is -0.996. The summed E-state index contributed by atoms with van der Waals surface area (Å²) < 4.78 is 28.7. The van der Waals surface area contributed by atoms with Gasteiger partial charge in [-0.3, -0.25) is 0 Å². The Morgan fingerprint density at radius 1 is 1.35 bits per heavy atom. The third-order valence-electron chi connectivity index (χ3n) is 2.82. The molecule has 0 unspecified atom stereocenters. The molecule has 20 heavy (non-hydrogen) atoms. The van der Waals surface area contributed by atoms with Gasteiger partial charge in [0.2, 0.25) is 5.89 Å². The molecule has 0 atom stereocenters. The number of hydrogen-bond donors (Lipinski definition) is 1. The van der Waals surface area contributed by atoms with Crippen LogP contribution in [0.2, 0.25) is 0 Å². The highest BCUT2D eigenvalue weighted by molar-refractivity contribution is 7.90. The van der Waals surface area contributed by atoms with Gasteiger partial charge in [0, 0.05) is 6.42 Å². The molecule has 1 aromatic heterocycles. The zero-order valence-corrected chi connectivity index (χ0v) is 13.4. The summed E-state index contributed by atoms with van der Waals surface area (Å²) in [6.07, 6.45) is 1.80. The van der Waals surface area contributed by atoms with E-state index in [0.29, 0.717) is 18.2 Å². The molecule has 0 saturated heterocycles. The van der Waals surface area contributed by atoms with Gasteiger partial charge in [0.1, 0.15) is 5.75 Å². The third-order valence-corrected chi connectivity index (χ3v) is 4.34. The van der Waals surface area contributed by atoms with Gasteiger partial charge in [0.05, 0.1) is 11.4 Å². The molecule has 0 spiro atoms. The van der Waals surface area contributed by atoms with Gasteiger partial charge in [-0.05, 0) is 32.6 Å². The topological polar surface area (TPSA) is 93.3 Å². The highest BCUT2D eigenvalue weighted by Gasteiger charge is 2.22. The first-order valence-electron chi connectivity index (χ1n) is 6.82. The van der Waals surface area contributed by atoms with E-state index in [0.717, 1.165) is 6.42 Å². The van der Waals surface area contributed by atoms with E-state index >= 15 is 0 Å². The van der Waals surface area contributed by atoms with Crippen molar-refractivity contribution in [3.05, 3.63) is 11.7 Å². The first kappa shape index (κ1) is 17.1. The van der Waals surface area contributed by atoms with E-state index in [1.165, 1.54) is 0 Å². The summed E-state index contributed by atoms with van der Waals surface area (Å²) in [6.45, 7) is 7.36. The van der Waals surface area contributed by atoms with Crippen molar-refractivity contribution < 1.29 is 18.0 Å². The summed E-state index contributed by atoms with van der Waals surface area (Å²) >= 11 is 0. The molecule has 0 bridgehead atoms. The number of aromatic nitrogens is 2. The molecule has 0 aliphatic rings. The van der Waals surface area contributed by atoms with Gasteiger partial charge in [-0.15, -0.1) is 0 Å². The SMILES string of the molecule is CC(C)CCc1noc(CS(=O)(=O)CCC(C)(C)O)n1. The van der Waals surface area contributed by atoms with Gasteiger partial charge in [-0.1, -0.05) is 19.0 Å². The molecule has 7 heteroatoms. The Labute approximate surface area is 120 Å². The van der Waals surface area contributed by atoms with Crippen molar-refractivity contribution >= 4 is 9.84 Å². The zero-order chi connectivity index (χ0) is 15.4. The van der Waals surface area contributed by atoms with Gasteiger partial charge >= 0.3 is 0 Å². The maximum Gasteiger partial charge on any atom is 0.241 e. The van der Waals surface area contributed by atoms with Crippen LogP contribution in [0.5, 0.6) is 0 Å². The Kier molecular flexibility index (Phi) is 5.70. The fourth-order valence-corrected chi connectivity index (χ4v) is 2.98. The van der Waals surface area contributed by atoms with Crippen molar-refractivity contribution in [2.24, 2.45) is 5.92 Å². The van der Waals surface area contributed by atoms with Crippen LogP contribution in [0.15, 0.2) is 4.52 Å². The standard InChI is InChI=1S/C13H24N2O4S/c1-10(2)5-6-11-14-12(19-15-11)9-20(17,18)8-7-13(3,4)16/h10,16H,5-9H2,1-4H3. The second-order valence-corrected chi connectivity index (χ2v) is 8.38. The van der Waals surface area contributed by atoms with E-state index in [1.807, 2.05) is 0 Å². The van der Waals surface area contributed by atoms with E-state index in [9.17, 15) is 13.5 Å². The lowest BCUT2D eigenvalue weighted by atomic mass is 10.1. The Balaban J connectivity index is 2.55. The number of aliphatic hydroxyl groups is 1. The number of sulfone groups is 1. The van der Waals surface area contributed by atoms with Crippen LogP contribution in [0.25, 0.3) is 0 Å². The first-order valence-corrected chi connectivity index (χ1v) is 8.64. The predicted molar refractivity (Wildman–Crippen MR) is 75.9 cm³/mol. The Hall–Kier alpha value is -0.950. The lowest BCUT2D eigenvalue weighted by Gasteiger charge is -2.15. The Bertz CT molecular complexity index is 515. The molecule has 0 amide bonds. The average Bonchev–Trinajstić information content (AvgIpc) is 2.70. The van der Waals surface area contributed by atoms with Crippen LogP contribution in [0, 0.1) is 5.92 Å². The van der Waals surface area contributed by atoms with Gasteiger partial charge in [0.25, 0.3) is 0 Å². The van der Waals surface area contributed by atoms with Crippen molar-refractivity contribution in [3.8, 4) is 0 Å². The predicted octanol–water partition coefficient (Wildman–Crippen LogP) is 1.73. The summed E-state index contributed by atoms with van der Waals surface area (Å²) in [5.74, 6) is 0.844. The minimum Gasteiger partial charge on any atom is -0.390 e. The van der Waals surface area contributed by atoms with Crippen molar-refractivity contribution in [3.63, 3.8) is 0 Å². The van der Waals surface area contributed by atoms with E-state index in [2.05, 4.69) is 24.0 Å². The van der Waals surface area contributed by atoms with E-state index in [-0.39, 0.29) is 23.8 Å². The molecule has 1 N–H and O–H groups in total. The molecule has 0 aromatic carbocycles. The maximum absolute atomic E-state index is 11.9. The normalized spacial score (nSPS) is 13.1. The highest BCUT2D eigenvalue weighted by atomic mass is 32.2. The van der Waals surface area contributed by atoms with Crippen molar-refractivity contribution in [2.45, 2.75) is 58.3 Å². The van der Waals surface area contributed by atoms with Gasteiger partial charge < -0.3 is 9.63 Å². The fraction of sp³-hybridized carbons (Fsp3) is 0.846. The lowest BCUT2D eigenvalue weighted by Crippen LogP contribution is -2.24. The molecule has 0 radical (unpaired) electrons. The van der Waals surface area contributed by atoms with Crippen LogP contribution in [0.1, 0.15) is 52.3 Å².